The molecule has 1 aromatic heterocycles. The lowest BCUT2D eigenvalue weighted by atomic mass is 10.3. The van der Waals surface area contributed by atoms with Crippen LogP contribution in [-0.2, 0) is 0 Å². The molecule has 1 aromatic rings. The Bertz CT molecular complexity index is 286. The lowest BCUT2D eigenvalue weighted by Gasteiger charge is -2.19. The van der Waals surface area contributed by atoms with Crippen LogP contribution < -0.4 is 4.90 Å². The molecule has 2 nitrogen and oxygen atoms in total. The van der Waals surface area contributed by atoms with Gasteiger partial charge in [0.15, 0.2) is 0 Å². The average Bonchev–Trinajstić information content (AvgIpc) is 2.10. The van der Waals surface area contributed by atoms with Crippen molar-refractivity contribution in [2.75, 3.05) is 18.5 Å². The van der Waals surface area contributed by atoms with Crippen molar-refractivity contribution in [3.63, 3.8) is 0 Å². The molecular weight excluding hydrogens is 228 g/mol. The monoisotopic (exact) mass is 242 g/mol. The van der Waals surface area contributed by atoms with Gasteiger partial charge in [-0.2, -0.15) is 0 Å². The van der Waals surface area contributed by atoms with Crippen LogP contribution in [0.5, 0.6) is 0 Å². The molecule has 0 N–H and O–H groups in total. The van der Waals surface area contributed by atoms with Gasteiger partial charge in [0.2, 0.25) is 0 Å². The molecule has 72 valence electrons. The average molecular weight is 243 g/mol. The van der Waals surface area contributed by atoms with Crippen molar-refractivity contribution in [1.29, 1.82) is 0 Å². The molecule has 1 rings (SSSR count). The molecule has 0 saturated heterocycles. The van der Waals surface area contributed by atoms with E-state index in [1.54, 1.807) is 0 Å². The van der Waals surface area contributed by atoms with Gasteiger partial charge in [0.1, 0.15) is 5.82 Å². The Morgan fingerprint density at radius 1 is 1.54 bits per heavy atom. The molecule has 0 fully saturated rings. The number of halogens is 1. The van der Waals surface area contributed by atoms with Gasteiger partial charge in [-0.3, -0.25) is 0 Å². The number of nitrogens with zero attached hydrogens (tertiary/aromatic N) is 2. The van der Waals surface area contributed by atoms with E-state index in [0.29, 0.717) is 0 Å². The number of anilines is 1. The number of aryl methyl sites for hydroxylation is 1. The highest BCUT2D eigenvalue weighted by atomic mass is 79.9. The van der Waals surface area contributed by atoms with Crippen LogP contribution in [-0.4, -0.2) is 18.6 Å². The van der Waals surface area contributed by atoms with Crippen molar-refractivity contribution in [3.05, 3.63) is 22.3 Å². The Morgan fingerprint density at radius 2 is 2.23 bits per heavy atom. The molecule has 0 unspecified atom stereocenters. The molecule has 0 spiro atoms. The minimum absolute atomic E-state index is 1.03. The summed E-state index contributed by atoms with van der Waals surface area (Å²) in [6.45, 7) is 5.28. The van der Waals surface area contributed by atoms with Gasteiger partial charge in [-0.25, -0.2) is 4.98 Å². The van der Waals surface area contributed by atoms with Crippen LogP contribution in [0.15, 0.2) is 16.7 Å². The predicted molar refractivity (Wildman–Crippen MR) is 60.2 cm³/mol. The number of rotatable bonds is 3. The quantitative estimate of drug-likeness (QED) is 0.811. The Hall–Kier alpha value is -0.570. The summed E-state index contributed by atoms with van der Waals surface area (Å²) in [7, 11) is 2.07. The third-order valence-corrected chi connectivity index (χ3v) is 2.96. The molecular formula is C10H15BrN2. The first-order valence-corrected chi connectivity index (χ1v) is 5.28. The van der Waals surface area contributed by atoms with Crippen molar-refractivity contribution in [3.8, 4) is 0 Å². The maximum atomic E-state index is 4.34. The van der Waals surface area contributed by atoms with Gasteiger partial charge in [-0.05, 0) is 40.9 Å². The lowest BCUT2D eigenvalue weighted by molar-refractivity contribution is 0.834. The van der Waals surface area contributed by atoms with Gasteiger partial charge in [0.05, 0.1) is 4.47 Å². The van der Waals surface area contributed by atoms with Crippen LogP contribution in [0.2, 0.25) is 0 Å². The summed E-state index contributed by atoms with van der Waals surface area (Å²) in [5.74, 6) is 1.03. The van der Waals surface area contributed by atoms with Crippen molar-refractivity contribution in [2.24, 2.45) is 0 Å². The van der Waals surface area contributed by atoms with Crippen LogP contribution in [0.3, 0.4) is 0 Å². The first kappa shape index (κ1) is 10.5. The van der Waals surface area contributed by atoms with E-state index in [-0.39, 0.29) is 0 Å². The topological polar surface area (TPSA) is 16.1 Å². The van der Waals surface area contributed by atoms with Gasteiger partial charge >= 0.3 is 0 Å². The van der Waals surface area contributed by atoms with Gasteiger partial charge in [-0.15, -0.1) is 0 Å². The summed E-state index contributed by atoms with van der Waals surface area (Å²) in [6.07, 6.45) is 2.99. The van der Waals surface area contributed by atoms with Gasteiger partial charge in [-0.1, -0.05) is 6.92 Å². The molecule has 0 aliphatic carbocycles. The van der Waals surface area contributed by atoms with E-state index in [2.05, 4.69) is 46.7 Å². The van der Waals surface area contributed by atoms with Crippen LogP contribution >= 0.6 is 15.9 Å². The second kappa shape index (κ2) is 4.61. The van der Waals surface area contributed by atoms with Gasteiger partial charge < -0.3 is 4.90 Å². The molecule has 0 saturated carbocycles. The minimum atomic E-state index is 1.03. The standard InChI is InChI=1S/C10H15BrN2/c1-4-7-13(3)10-9(11)8(2)5-6-12-10/h5-6H,4,7H2,1-3H3. The molecule has 0 aliphatic rings. The summed E-state index contributed by atoms with van der Waals surface area (Å²) < 4.78 is 1.10. The highest BCUT2D eigenvalue weighted by Crippen LogP contribution is 2.25. The van der Waals surface area contributed by atoms with Crippen LogP contribution in [0.1, 0.15) is 18.9 Å². The summed E-state index contributed by atoms with van der Waals surface area (Å²) >= 11 is 3.55. The first-order valence-electron chi connectivity index (χ1n) is 4.49. The van der Waals surface area contributed by atoms with Crippen LogP contribution in [0.25, 0.3) is 0 Å². The zero-order chi connectivity index (χ0) is 9.84. The molecule has 0 aliphatic heterocycles. The summed E-state index contributed by atoms with van der Waals surface area (Å²) in [5.41, 5.74) is 1.23. The number of hydrogen-bond acceptors (Lipinski definition) is 2. The van der Waals surface area contributed by atoms with Crippen molar-refractivity contribution in [1.82, 2.24) is 4.98 Å². The smallest absolute Gasteiger partial charge is 0.142 e. The zero-order valence-corrected chi connectivity index (χ0v) is 9.93. The highest BCUT2D eigenvalue weighted by molar-refractivity contribution is 9.10. The molecule has 0 bridgehead atoms. The van der Waals surface area contributed by atoms with E-state index in [1.807, 2.05) is 12.3 Å². The Labute approximate surface area is 88.1 Å². The van der Waals surface area contributed by atoms with Gasteiger partial charge in [0, 0.05) is 19.8 Å². The molecule has 1 heterocycles. The molecule has 0 atom stereocenters. The van der Waals surface area contributed by atoms with Crippen LogP contribution in [0, 0.1) is 6.92 Å². The number of pyridine rings is 1. The maximum absolute atomic E-state index is 4.34. The van der Waals surface area contributed by atoms with E-state index >= 15 is 0 Å². The van der Waals surface area contributed by atoms with E-state index < -0.39 is 0 Å². The van der Waals surface area contributed by atoms with E-state index in [4.69, 9.17) is 0 Å². The predicted octanol–water partition coefficient (Wildman–Crippen LogP) is 3.00. The van der Waals surface area contributed by atoms with E-state index in [1.165, 1.54) is 5.56 Å². The Kier molecular flexibility index (Phi) is 3.72. The highest BCUT2D eigenvalue weighted by Gasteiger charge is 2.07. The summed E-state index contributed by atoms with van der Waals surface area (Å²) in [5, 5.41) is 0. The molecule has 3 heteroatoms. The second-order valence-electron chi connectivity index (χ2n) is 3.19. The fourth-order valence-electron chi connectivity index (χ4n) is 1.23. The van der Waals surface area contributed by atoms with Crippen molar-refractivity contribution < 1.29 is 0 Å². The third kappa shape index (κ3) is 2.44. The Morgan fingerprint density at radius 3 is 2.85 bits per heavy atom. The van der Waals surface area contributed by atoms with Crippen molar-refractivity contribution >= 4 is 21.7 Å². The Balaban J connectivity index is 2.93. The zero-order valence-electron chi connectivity index (χ0n) is 8.34. The minimum Gasteiger partial charge on any atom is -0.359 e. The van der Waals surface area contributed by atoms with E-state index in [0.717, 1.165) is 23.3 Å². The number of aromatic nitrogens is 1. The maximum Gasteiger partial charge on any atom is 0.142 e. The fourth-order valence-corrected chi connectivity index (χ4v) is 1.77. The lowest BCUT2D eigenvalue weighted by Crippen LogP contribution is -2.19. The largest absolute Gasteiger partial charge is 0.359 e. The summed E-state index contributed by atoms with van der Waals surface area (Å²) in [4.78, 5) is 6.50. The van der Waals surface area contributed by atoms with Crippen molar-refractivity contribution in [2.45, 2.75) is 20.3 Å². The van der Waals surface area contributed by atoms with E-state index in [9.17, 15) is 0 Å². The first-order chi connectivity index (χ1) is 6.16. The molecule has 0 radical (unpaired) electrons. The second-order valence-corrected chi connectivity index (χ2v) is 3.98. The van der Waals surface area contributed by atoms with Crippen LogP contribution in [0.4, 0.5) is 5.82 Å². The normalized spacial score (nSPS) is 10.2. The molecule has 0 amide bonds. The molecule has 13 heavy (non-hydrogen) atoms. The summed E-state index contributed by atoms with van der Waals surface area (Å²) in [6, 6.07) is 2.01. The SMILES string of the molecule is CCCN(C)c1nccc(C)c1Br. The molecule has 0 aromatic carbocycles. The number of hydrogen-bond donors (Lipinski definition) is 0. The fraction of sp³-hybridized carbons (Fsp3) is 0.500. The third-order valence-electron chi connectivity index (χ3n) is 1.98. The van der Waals surface area contributed by atoms with Gasteiger partial charge in [0.25, 0.3) is 0 Å².